The van der Waals surface area contributed by atoms with Crippen molar-refractivity contribution in [2.24, 2.45) is 0 Å². The first-order valence-corrected chi connectivity index (χ1v) is 11.8. The van der Waals surface area contributed by atoms with Crippen molar-refractivity contribution < 1.29 is 9.59 Å². The molecule has 0 heterocycles. The summed E-state index contributed by atoms with van der Waals surface area (Å²) in [4.78, 5) is 28.0. The molecule has 0 aliphatic rings. The summed E-state index contributed by atoms with van der Waals surface area (Å²) in [5, 5.41) is 12.1. The van der Waals surface area contributed by atoms with Crippen LogP contribution < -0.4 is 10.2 Å². The fraction of sp³-hybridized carbons (Fsp3) is 0.129. The normalized spacial score (nSPS) is 11.2. The number of anilines is 1. The van der Waals surface area contributed by atoms with Crippen molar-refractivity contribution in [1.29, 1.82) is 5.26 Å². The predicted octanol–water partition coefficient (Wildman–Crippen LogP) is 5.83. The lowest BCUT2D eigenvalue weighted by atomic mass is 10.1. The van der Waals surface area contributed by atoms with Crippen molar-refractivity contribution in [1.82, 2.24) is 5.32 Å². The minimum absolute atomic E-state index is 0.0865. The van der Waals surface area contributed by atoms with Crippen LogP contribution >= 0.6 is 0 Å². The maximum Gasteiger partial charge on any atom is 0.258 e. The fourth-order valence-corrected chi connectivity index (χ4v) is 4.03. The van der Waals surface area contributed by atoms with Gasteiger partial charge in [0.05, 0.1) is 30.6 Å². The van der Waals surface area contributed by atoms with E-state index in [1.54, 1.807) is 29.2 Å². The highest BCUT2D eigenvalue weighted by Gasteiger charge is 2.19. The Bertz CT molecular complexity index is 1360. The fourth-order valence-electron chi connectivity index (χ4n) is 4.03. The van der Waals surface area contributed by atoms with Crippen LogP contribution in [0.3, 0.4) is 0 Å². The molecule has 2 amide bonds. The van der Waals surface area contributed by atoms with Gasteiger partial charge < -0.3 is 10.2 Å². The van der Waals surface area contributed by atoms with Gasteiger partial charge in [-0.1, -0.05) is 72.8 Å². The summed E-state index contributed by atoms with van der Waals surface area (Å²) in [6, 6.07) is 35.7. The topological polar surface area (TPSA) is 73.2 Å². The average molecular weight is 474 g/mol. The van der Waals surface area contributed by atoms with Gasteiger partial charge in [0, 0.05) is 11.3 Å². The number of nitriles is 1. The Hall–Kier alpha value is -4.69. The lowest BCUT2D eigenvalue weighted by molar-refractivity contribution is -0.121. The van der Waals surface area contributed by atoms with E-state index in [-0.39, 0.29) is 24.3 Å². The van der Waals surface area contributed by atoms with Gasteiger partial charge in [-0.15, -0.1) is 0 Å². The molecule has 4 rings (SSSR count). The lowest BCUT2D eigenvalue weighted by Gasteiger charge is -2.24. The number of carbonyl (C=O) groups is 2. The smallest absolute Gasteiger partial charge is 0.258 e. The van der Waals surface area contributed by atoms with Crippen LogP contribution in [0.1, 0.15) is 45.6 Å². The van der Waals surface area contributed by atoms with E-state index in [0.717, 1.165) is 16.7 Å². The summed E-state index contributed by atoms with van der Waals surface area (Å²) in [5.41, 5.74) is 4.54. The second-order valence-corrected chi connectivity index (χ2v) is 8.61. The highest BCUT2D eigenvalue weighted by atomic mass is 16.2. The van der Waals surface area contributed by atoms with Crippen molar-refractivity contribution in [3.8, 4) is 6.07 Å². The molecule has 0 fully saturated rings. The number of nitrogens with one attached hydrogen (secondary N) is 1. The van der Waals surface area contributed by atoms with Gasteiger partial charge in [0.25, 0.3) is 5.91 Å². The van der Waals surface area contributed by atoms with Gasteiger partial charge >= 0.3 is 0 Å². The molecule has 1 atom stereocenters. The number of hydrogen-bond donors (Lipinski definition) is 1. The van der Waals surface area contributed by atoms with E-state index in [1.807, 2.05) is 91.9 Å². The molecular formula is C31H27N3O2. The van der Waals surface area contributed by atoms with Gasteiger partial charge in [-0.2, -0.15) is 5.26 Å². The number of carbonyl (C=O) groups excluding carboxylic acids is 2. The van der Waals surface area contributed by atoms with Gasteiger partial charge in [-0.25, -0.2) is 0 Å². The quantitative estimate of drug-likeness (QED) is 0.350. The molecule has 36 heavy (non-hydrogen) atoms. The van der Waals surface area contributed by atoms with Gasteiger partial charge in [0.15, 0.2) is 0 Å². The molecular weight excluding hydrogens is 446 g/mol. The zero-order valence-corrected chi connectivity index (χ0v) is 20.1. The Kier molecular flexibility index (Phi) is 7.90. The number of amides is 2. The third-order valence-electron chi connectivity index (χ3n) is 5.95. The molecule has 4 aromatic rings. The van der Waals surface area contributed by atoms with Crippen molar-refractivity contribution in [2.45, 2.75) is 25.9 Å². The van der Waals surface area contributed by atoms with Gasteiger partial charge in [-0.3, -0.25) is 9.59 Å². The Morgan fingerprint density at radius 2 is 1.47 bits per heavy atom. The maximum atomic E-state index is 13.5. The lowest BCUT2D eigenvalue weighted by Crippen LogP contribution is -2.31. The Balaban J connectivity index is 1.56. The van der Waals surface area contributed by atoms with E-state index < -0.39 is 0 Å². The minimum atomic E-state index is -0.178. The highest BCUT2D eigenvalue weighted by Crippen LogP contribution is 2.23. The second-order valence-electron chi connectivity index (χ2n) is 8.61. The largest absolute Gasteiger partial charge is 0.349 e. The monoisotopic (exact) mass is 473 g/mol. The average Bonchev–Trinajstić information content (AvgIpc) is 2.92. The van der Waals surface area contributed by atoms with E-state index in [0.29, 0.717) is 23.4 Å². The molecule has 5 heteroatoms. The van der Waals surface area contributed by atoms with E-state index in [2.05, 4.69) is 11.4 Å². The zero-order chi connectivity index (χ0) is 25.3. The zero-order valence-electron chi connectivity index (χ0n) is 20.1. The molecule has 5 nitrogen and oxygen atoms in total. The van der Waals surface area contributed by atoms with Gasteiger partial charge in [0.2, 0.25) is 5.91 Å². The Morgan fingerprint density at radius 3 is 2.14 bits per heavy atom. The van der Waals surface area contributed by atoms with Crippen LogP contribution in [0.15, 0.2) is 109 Å². The molecule has 0 aliphatic heterocycles. The van der Waals surface area contributed by atoms with E-state index in [9.17, 15) is 9.59 Å². The highest BCUT2D eigenvalue weighted by molar-refractivity contribution is 6.06. The molecule has 0 bridgehead atoms. The summed E-state index contributed by atoms with van der Waals surface area (Å²) in [7, 11) is 0. The molecule has 1 N–H and O–H groups in total. The van der Waals surface area contributed by atoms with Gasteiger partial charge in [-0.05, 0) is 60.0 Å². The van der Waals surface area contributed by atoms with Crippen LogP contribution in [0.2, 0.25) is 0 Å². The van der Waals surface area contributed by atoms with E-state index in [1.165, 1.54) is 0 Å². The third kappa shape index (κ3) is 6.25. The van der Waals surface area contributed by atoms with Crippen LogP contribution in [0.5, 0.6) is 0 Å². The molecule has 0 spiro atoms. The first-order chi connectivity index (χ1) is 17.5. The third-order valence-corrected chi connectivity index (χ3v) is 5.95. The second kappa shape index (κ2) is 11.6. The molecule has 0 radical (unpaired) electrons. The van der Waals surface area contributed by atoms with Crippen LogP contribution in [-0.2, 0) is 17.8 Å². The van der Waals surface area contributed by atoms with Crippen LogP contribution in [0, 0.1) is 11.3 Å². The Morgan fingerprint density at radius 1 is 0.833 bits per heavy atom. The van der Waals surface area contributed by atoms with Crippen LogP contribution in [-0.4, -0.2) is 11.8 Å². The molecule has 0 aromatic heterocycles. The molecule has 0 saturated carbocycles. The first-order valence-electron chi connectivity index (χ1n) is 11.8. The summed E-state index contributed by atoms with van der Waals surface area (Å²) in [6.45, 7) is 2.34. The number of rotatable bonds is 8. The summed E-state index contributed by atoms with van der Waals surface area (Å²) < 4.78 is 0. The molecule has 0 aliphatic carbocycles. The van der Waals surface area contributed by atoms with Crippen LogP contribution in [0.4, 0.5) is 5.69 Å². The molecule has 0 saturated heterocycles. The van der Waals surface area contributed by atoms with Crippen LogP contribution in [0.25, 0.3) is 0 Å². The molecule has 4 aromatic carbocycles. The van der Waals surface area contributed by atoms with Gasteiger partial charge in [0.1, 0.15) is 0 Å². The predicted molar refractivity (Wildman–Crippen MR) is 141 cm³/mol. The standard InChI is InChI=1S/C31H27N3O2/c1-23(27-12-6-3-7-13-27)33-30(35)20-26-11-8-14-29(19-26)34(22-25-9-4-2-5-10-25)31(36)28-17-15-24(21-32)16-18-28/h2-19,23H,20,22H2,1H3,(H,33,35). The Labute approximate surface area is 211 Å². The SMILES string of the molecule is CC(NC(=O)Cc1cccc(N(Cc2ccccc2)C(=O)c2ccc(C#N)cc2)c1)c1ccccc1. The maximum absolute atomic E-state index is 13.5. The van der Waals surface area contributed by atoms with E-state index in [4.69, 9.17) is 5.26 Å². The molecule has 178 valence electrons. The van der Waals surface area contributed by atoms with Crippen molar-refractivity contribution >= 4 is 17.5 Å². The minimum Gasteiger partial charge on any atom is -0.349 e. The first kappa shape index (κ1) is 24.4. The van der Waals surface area contributed by atoms with Crippen molar-refractivity contribution in [2.75, 3.05) is 4.90 Å². The number of nitrogens with zero attached hydrogens (tertiary/aromatic N) is 2. The summed E-state index contributed by atoms with van der Waals surface area (Å²) in [5.74, 6) is -0.265. The summed E-state index contributed by atoms with van der Waals surface area (Å²) >= 11 is 0. The van der Waals surface area contributed by atoms with Crippen molar-refractivity contribution in [3.05, 3.63) is 137 Å². The number of benzene rings is 4. The van der Waals surface area contributed by atoms with E-state index >= 15 is 0 Å². The number of hydrogen-bond acceptors (Lipinski definition) is 3. The molecule has 1 unspecified atom stereocenters. The van der Waals surface area contributed by atoms with Crippen molar-refractivity contribution in [3.63, 3.8) is 0 Å². The summed E-state index contributed by atoms with van der Waals surface area (Å²) in [6.07, 6.45) is 0.204.